The van der Waals surface area contributed by atoms with Gasteiger partial charge < -0.3 is 5.32 Å². The zero-order chi connectivity index (χ0) is 13.1. The molecule has 3 heteroatoms. The number of hydrogen-bond donors (Lipinski definition) is 1. The zero-order valence-corrected chi connectivity index (χ0v) is 12.2. The summed E-state index contributed by atoms with van der Waals surface area (Å²) in [5.41, 5.74) is 2.73. The van der Waals surface area contributed by atoms with Gasteiger partial charge in [-0.05, 0) is 24.9 Å². The molecule has 0 radical (unpaired) electrons. The van der Waals surface area contributed by atoms with Crippen molar-refractivity contribution >= 4 is 11.3 Å². The van der Waals surface area contributed by atoms with E-state index in [1.807, 2.05) is 11.3 Å². The van der Waals surface area contributed by atoms with Crippen LogP contribution in [-0.4, -0.2) is 11.5 Å². The van der Waals surface area contributed by atoms with Crippen molar-refractivity contribution in [1.29, 1.82) is 0 Å². The van der Waals surface area contributed by atoms with E-state index in [4.69, 9.17) is 4.98 Å². The maximum Gasteiger partial charge on any atom is 0.0975 e. The maximum absolute atomic E-state index is 4.90. The highest BCUT2D eigenvalue weighted by Gasteiger charge is 2.29. The number of nitrogens with one attached hydrogen (secondary N) is 1. The summed E-state index contributed by atoms with van der Waals surface area (Å²) in [5, 5.41) is 4.70. The lowest BCUT2D eigenvalue weighted by atomic mass is 10.2. The Kier molecular flexibility index (Phi) is 3.95. The Morgan fingerprint density at radius 2 is 2.05 bits per heavy atom. The van der Waals surface area contributed by atoms with Crippen molar-refractivity contribution in [2.45, 2.75) is 38.6 Å². The summed E-state index contributed by atoms with van der Waals surface area (Å²) in [7, 11) is 0. The number of rotatable bonds is 6. The van der Waals surface area contributed by atoms with Crippen LogP contribution in [0.2, 0.25) is 0 Å². The van der Waals surface area contributed by atoms with Gasteiger partial charge in [-0.1, -0.05) is 37.3 Å². The molecule has 0 unspecified atom stereocenters. The van der Waals surface area contributed by atoms with Crippen LogP contribution in [0.5, 0.6) is 0 Å². The predicted molar refractivity (Wildman–Crippen MR) is 80.7 cm³/mol. The molecule has 0 aliphatic heterocycles. The summed E-state index contributed by atoms with van der Waals surface area (Å²) < 4.78 is 0. The second-order valence-corrected chi connectivity index (χ2v) is 6.30. The Hall–Kier alpha value is -1.19. The summed E-state index contributed by atoms with van der Waals surface area (Å²) in [4.78, 5) is 6.35. The Morgan fingerprint density at radius 3 is 2.74 bits per heavy atom. The molecule has 1 aliphatic rings. The number of thiazole rings is 1. The van der Waals surface area contributed by atoms with Crippen LogP contribution in [0.3, 0.4) is 0 Å². The van der Waals surface area contributed by atoms with E-state index in [0.29, 0.717) is 0 Å². The topological polar surface area (TPSA) is 24.9 Å². The molecule has 1 saturated carbocycles. The fourth-order valence-electron chi connectivity index (χ4n) is 2.30. The Balaban J connectivity index is 1.78. The average molecular weight is 272 g/mol. The largest absolute Gasteiger partial charge is 0.312 e. The molecule has 1 aromatic heterocycles. The monoisotopic (exact) mass is 272 g/mol. The molecule has 0 spiro atoms. The van der Waals surface area contributed by atoms with Crippen molar-refractivity contribution in [2.75, 3.05) is 6.54 Å². The van der Waals surface area contributed by atoms with Crippen molar-refractivity contribution in [3.8, 4) is 0 Å². The minimum atomic E-state index is 0.745. The van der Waals surface area contributed by atoms with Gasteiger partial charge in [0.1, 0.15) is 0 Å². The van der Waals surface area contributed by atoms with Gasteiger partial charge in [-0.2, -0.15) is 0 Å². The van der Waals surface area contributed by atoms with Crippen molar-refractivity contribution in [1.82, 2.24) is 10.3 Å². The van der Waals surface area contributed by atoms with E-state index in [2.05, 4.69) is 42.6 Å². The van der Waals surface area contributed by atoms with Crippen LogP contribution in [0, 0.1) is 0 Å². The molecular formula is C16H20N2S. The molecule has 3 rings (SSSR count). The first-order valence-corrected chi connectivity index (χ1v) is 7.91. The molecule has 0 amide bonds. The summed E-state index contributed by atoms with van der Waals surface area (Å²) in [5.74, 6) is 0.745. The first-order chi connectivity index (χ1) is 9.36. The second-order valence-electron chi connectivity index (χ2n) is 5.13. The van der Waals surface area contributed by atoms with E-state index >= 15 is 0 Å². The number of nitrogens with zero attached hydrogens (tertiary/aromatic N) is 1. The Bertz CT molecular complexity index is 529. The third-order valence-electron chi connectivity index (χ3n) is 3.47. The molecule has 0 bridgehead atoms. The highest BCUT2D eigenvalue weighted by molar-refractivity contribution is 7.11. The van der Waals surface area contributed by atoms with E-state index in [0.717, 1.165) is 25.4 Å². The van der Waals surface area contributed by atoms with Crippen LogP contribution in [0.1, 0.15) is 46.8 Å². The zero-order valence-electron chi connectivity index (χ0n) is 11.4. The normalized spacial score (nSPS) is 14.8. The van der Waals surface area contributed by atoms with Gasteiger partial charge >= 0.3 is 0 Å². The molecule has 0 atom stereocenters. The molecule has 1 N–H and O–H groups in total. The van der Waals surface area contributed by atoms with E-state index in [1.165, 1.54) is 34.0 Å². The molecular weight excluding hydrogens is 252 g/mol. The van der Waals surface area contributed by atoms with Crippen LogP contribution in [-0.2, 0) is 13.0 Å². The lowest BCUT2D eigenvalue weighted by Crippen LogP contribution is -2.11. The van der Waals surface area contributed by atoms with Crippen molar-refractivity contribution in [2.24, 2.45) is 0 Å². The first kappa shape index (κ1) is 12.8. The van der Waals surface area contributed by atoms with Crippen molar-refractivity contribution < 1.29 is 0 Å². The fraction of sp³-hybridized carbons (Fsp3) is 0.438. The highest BCUT2D eigenvalue weighted by Crippen LogP contribution is 2.42. The Labute approximate surface area is 118 Å². The standard InChI is InChI=1S/C16H20N2S/c1-2-17-11-14-16(13-8-9-13)18-15(19-14)10-12-6-4-3-5-7-12/h3-7,13,17H,2,8-11H2,1H3. The molecule has 2 nitrogen and oxygen atoms in total. The molecule has 1 aromatic carbocycles. The number of hydrogen-bond acceptors (Lipinski definition) is 3. The smallest absolute Gasteiger partial charge is 0.0975 e. The van der Waals surface area contributed by atoms with E-state index < -0.39 is 0 Å². The van der Waals surface area contributed by atoms with Gasteiger partial charge in [-0.15, -0.1) is 11.3 Å². The van der Waals surface area contributed by atoms with Gasteiger partial charge in [0, 0.05) is 23.8 Å². The minimum Gasteiger partial charge on any atom is -0.312 e. The summed E-state index contributed by atoms with van der Waals surface area (Å²) >= 11 is 1.89. The van der Waals surface area contributed by atoms with Crippen LogP contribution in [0.25, 0.3) is 0 Å². The predicted octanol–water partition coefficient (Wildman–Crippen LogP) is 3.72. The molecule has 1 fully saturated rings. The molecule has 2 aromatic rings. The summed E-state index contributed by atoms with van der Waals surface area (Å²) in [6.07, 6.45) is 3.62. The molecule has 100 valence electrons. The van der Waals surface area contributed by atoms with Crippen molar-refractivity contribution in [3.63, 3.8) is 0 Å². The van der Waals surface area contributed by atoms with Gasteiger partial charge in [0.05, 0.1) is 10.7 Å². The minimum absolute atomic E-state index is 0.745. The number of aromatic nitrogens is 1. The highest BCUT2D eigenvalue weighted by atomic mass is 32.1. The van der Waals surface area contributed by atoms with E-state index in [9.17, 15) is 0 Å². The summed E-state index contributed by atoms with van der Waals surface area (Å²) in [6.45, 7) is 4.16. The van der Waals surface area contributed by atoms with Gasteiger partial charge in [0.25, 0.3) is 0 Å². The molecule has 1 heterocycles. The first-order valence-electron chi connectivity index (χ1n) is 7.10. The van der Waals surface area contributed by atoms with Gasteiger partial charge in [0.2, 0.25) is 0 Å². The lowest BCUT2D eigenvalue weighted by Gasteiger charge is -2.00. The number of benzene rings is 1. The second kappa shape index (κ2) is 5.85. The third kappa shape index (κ3) is 3.23. The lowest BCUT2D eigenvalue weighted by molar-refractivity contribution is 0.726. The maximum atomic E-state index is 4.90. The van der Waals surface area contributed by atoms with Crippen LogP contribution in [0.15, 0.2) is 30.3 Å². The SMILES string of the molecule is CCNCc1sc(Cc2ccccc2)nc1C1CC1. The van der Waals surface area contributed by atoms with Crippen LogP contribution >= 0.6 is 11.3 Å². The fourth-order valence-corrected chi connectivity index (χ4v) is 3.46. The third-order valence-corrected chi connectivity index (χ3v) is 4.54. The van der Waals surface area contributed by atoms with E-state index in [-0.39, 0.29) is 0 Å². The molecule has 0 saturated heterocycles. The van der Waals surface area contributed by atoms with Gasteiger partial charge in [-0.3, -0.25) is 0 Å². The Morgan fingerprint density at radius 1 is 1.26 bits per heavy atom. The van der Waals surface area contributed by atoms with Crippen molar-refractivity contribution in [3.05, 3.63) is 51.5 Å². The van der Waals surface area contributed by atoms with Gasteiger partial charge in [0.15, 0.2) is 0 Å². The molecule has 19 heavy (non-hydrogen) atoms. The van der Waals surface area contributed by atoms with Gasteiger partial charge in [-0.25, -0.2) is 4.98 Å². The summed E-state index contributed by atoms with van der Waals surface area (Å²) in [6, 6.07) is 10.6. The quantitative estimate of drug-likeness (QED) is 0.867. The molecule has 1 aliphatic carbocycles. The van der Waals surface area contributed by atoms with Crippen LogP contribution in [0.4, 0.5) is 0 Å². The van der Waals surface area contributed by atoms with E-state index in [1.54, 1.807) is 0 Å². The van der Waals surface area contributed by atoms with Crippen LogP contribution < -0.4 is 5.32 Å². The average Bonchev–Trinajstić information content (AvgIpc) is 3.20.